The van der Waals surface area contributed by atoms with E-state index in [4.69, 9.17) is 4.74 Å². The molecule has 0 bridgehead atoms. The van der Waals surface area contributed by atoms with Crippen LogP contribution < -0.4 is 4.74 Å². The van der Waals surface area contributed by atoms with Crippen LogP contribution in [0, 0.1) is 5.82 Å². The first kappa shape index (κ1) is 25.7. The number of fused-ring (bicyclic) bond motifs is 1. The summed E-state index contributed by atoms with van der Waals surface area (Å²) in [5.74, 6) is -0.0883. The molecule has 0 amide bonds. The Morgan fingerprint density at radius 2 is 1.53 bits per heavy atom. The van der Waals surface area contributed by atoms with Crippen LogP contribution in [0.15, 0.2) is 72.9 Å². The summed E-state index contributed by atoms with van der Waals surface area (Å²) in [7, 11) is 1.71. The van der Waals surface area contributed by atoms with Gasteiger partial charge in [0, 0.05) is 31.0 Å². The highest BCUT2D eigenvalue weighted by Gasteiger charge is 2.10. The summed E-state index contributed by atoms with van der Waals surface area (Å²) in [6, 6.07) is 20.4. The molecule has 0 saturated carbocycles. The molecule has 188 valence electrons. The maximum atomic E-state index is 15.2. The molecule has 0 aliphatic heterocycles. The molecule has 0 aliphatic rings. The van der Waals surface area contributed by atoms with Crippen molar-refractivity contribution in [3.8, 4) is 5.75 Å². The fourth-order valence-electron chi connectivity index (χ4n) is 4.30. The molecule has 6 heteroatoms. The van der Waals surface area contributed by atoms with Crippen LogP contribution in [0.1, 0.15) is 34.4 Å². The fourth-order valence-corrected chi connectivity index (χ4v) is 4.30. The van der Waals surface area contributed by atoms with Gasteiger partial charge < -0.3 is 9.47 Å². The monoisotopic (exact) mass is 493 g/mol. The van der Waals surface area contributed by atoms with E-state index >= 15 is 4.39 Å². The minimum Gasteiger partial charge on any atom is -0.435 e. The van der Waals surface area contributed by atoms with Crippen molar-refractivity contribution >= 4 is 10.8 Å². The smallest absolute Gasteiger partial charge is 0.387 e. The van der Waals surface area contributed by atoms with E-state index in [0.717, 1.165) is 54.5 Å². The number of methoxy groups -OCH3 is 1. The van der Waals surface area contributed by atoms with Gasteiger partial charge in [0.2, 0.25) is 0 Å². The first-order valence-electron chi connectivity index (χ1n) is 12.2. The number of hydrogen-bond donors (Lipinski definition) is 0. The number of aromatic nitrogens is 1. The fraction of sp³-hybridized carbons (Fsp3) is 0.300. The van der Waals surface area contributed by atoms with Crippen molar-refractivity contribution in [3.63, 3.8) is 0 Å². The van der Waals surface area contributed by atoms with Crippen LogP contribution in [0.2, 0.25) is 0 Å². The van der Waals surface area contributed by atoms with E-state index in [2.05, 4.69) is 21.9 Å². The summed E-state index contributed by atoms with van der Waals surface area (Å²) in [6.45, 7) is -2.09. The number of alkyl halides is 2. The quantitative estimate of drug-likeness (QED) is 0.197. The molecule has 0 saturated heterocycles. The lowest BCUT2D eigenvalue weighted by Crippen LogP contribution is -2.02. The number of halogens is 3. The van der Waals surface area contributed by atoms with Gasteiger partial charge in [-0.05, 0) is 84.4 Å². The van der Waals surface area contributed by atoms with Crippen molar-refractivity contribution in [3.05, 3.63) is 107 Å². The lowest BCUT2D eigenvalue weighted by Gasteiger charge is -2.10. The van der Waals surface area contributed by atoms with E-state index < -0.39 is 6.61 Å². The van der Waals surface area contributed by atoms with Crippen LogP contribution in [0.3, 0.4) is 0 Å². The number of pyridine rings is 1. The zero-order valence-electron chi connectivity index (χ0n) is 20.4. The minimum atomic E-state index is -2.84. The molecule has 3 aromatic carbocycles. The molecule has 0 radical (unpaired) electrons. The average molecular weight is 494 g/mol. The molecule has 4 rings (SSSR count). The van der Waals surface area contributed by atoms with Crippen LogP contribution in [-0.2, 0) is 36.8 Å². The Morgan fingerprint density at radius 3 is 2.25 bits per heavy atom. The topological polar surface area (TPSA) is 31.4 Å². The molecule has 0 N–H and O–H groups in total. The number of nitrogens with zero attached hydrogens (tertiary/aromatic N) is 1. The minimum absolute atomic E-state index is 0.118. The van der Waals surface area contributed by atoms with Gasteiger partial charge in [0.15, 0.2) is 0 Å². The largest absolute Gasteiger partial charge is 0.435 e. The molecular formula is C30H30F3NO2. The Morgan fingerprint density at radius 1 is 0.778 bits per heavy atom. The van der Waals surface area contributed by atoms with Crippen LogP contribution in [0.4, 0.5) is 13.2 Å². The van der Waals surface area contributed by atoms with Gasteiger partial charge in [0.1, 0.15) is 11.6 Å². The molecule has 1 heterocycles. The second-order valence-electron chi connectivity index (χ2n) is 8.87. The van der Waals surface area contributed by atoms with Crippen LogP contribution in [-0.4, -0.2) is 25.3 Å². The van der Waals surface area contributed by atoms with Crippen LogP contribution in [0.5, 0.6) is 5.75 Å². The first-order valence-corrected chi connectivity index (χ1v) is 12.2. The number of aryl methyl sites for hydroxylation is 5. The lowest BCUT2D eigenvalue weighted by atomic mass is 9.98. The van der Waals surface area contributed by atoms with Gasteiger partial charge in [-0.3, -0.25) is 4.98 Å². The third-order valence-electron chi connectivity index (χ3n) is 6.30. The van der Waals surface area contributed by atoms with Crippen LogP contribution in [0.25, 0.3) is 10.8 Å². The second-order valence-corrected chi connectivity index (χ2v) is 8.87. The highest BCUT2D eigenvalue weighted by atomic mass is 19.3. The Bertz CT molecular complexity index is 1260. The molecular weight excluding hydrogens is 463 g/mol. The van der Waals surface area contributed by atoms with E-state index in [9.17, 15) is 8.78 Å². The molecule has 0 atom stereocenters. The Balaban J connectivity index is 1.35. The zero-order chi connectivity index (χ0) is 25.3. The Labute approximate surface area is 209 Å². The summed E-state index contributed by atoms with van der Waals surface area (Å²) >= 11 is 0. The number of rotatable bonds is 12. The van der Waals surface area contributed by atoms with Gasteiger partial charge in [-0.2, -0.15) is 8.78 Å². The molecule has 0 spiro atoms. The molecule has 0 unspecified atom stereocenters. The number of benzene rings is 3. The molecule has 4 aromatic rings. The Hall–Kier alpha value is -3.38. The summed E-state index contributed by atoms with van der Waals surface area (Å²) in [6.07, 6.45) is 6.67. The van der Waals surface area contributed by atoms with Gasteiger partial charge in [-0.25, -0.2) is 4.39 Å². The average Bonchev–Trinajstić information content (AvgIpc) is 2.88. The molecule has 1 aromatic heterocycles. The van der Waals surface area contributed by atoms with Crippen LogP contribution >= 0.6 is 0 Å². The highest BCUT2D eigenvalue weighted by Crippen LogP contribution is 2.25. The normalized spacial score (nSPS) is 11.4. The van der Waals surface area contributed by atoms with E-state index in [0.29, 0.717) is 23.8 Å². The lowest BCUT2D eigenvalue weighted by molar-refractivity contribution is -0.0498. The van der Waals surface area contributed by atoms with Gasteiger partial charge >= 0.3 is 6.61 Å². The van der Waals surface area contributed by atoms with E-state index in [1.54, 1.807) is 19.2 Å². The van der Waals surface area contributed by atoms with Gasteiger partial charge in [0.25, 0.3) is 0 Å². The predicted octanol–water partition coefficient (Wildman–Crippen LogP) is 7.12. The molecule has 0 aliphatic carbocycles. The molecule has 0 fully saturated rings. The van der Waals surface area contributed by atoms with Crippen molar-refractivity contribution in [2.24, 2.45) is 0 Å². The second kappa shape index (κ2) is 12.5. The zero-order valence-corrected chi connectivity index (χ0v) is 20.4. The van der Waals surface area contributed by atoms with Gasteiger partial charge in [0.05, 0.1) is 0 Å². The summed E-state index contributed by atoms with van der Waals surface area (Å²) < 4.78 is 49.2. The SMILES string of the molecule is COCCCc1ccc(CCc2ccc3c(F)c(CCc4ccc(OC(F)F)cc4)ccc3c2)nc1. The number of ether oxygens (including phenoxy) is 2. The van der Waals surface area contributed by atoms with Gasteiger partial charge in [-0.15, -0.1) is 0 Å². The van der Waals surface area contributed by atoms with Crippen molar-refractivity contribution in [2.75, 3.05) is 13.7 Å². The van der Waals surface area contributed by atoms with Crippen molar-refractivity contribution in [1.82, 2.24) is 4.98 Å². The summed E-state index contributed by atoms with van der Waals surface area (Å²) in [4.78, 5) is 4.58. The summed E-state index contributed by atoms with van der Waals surface area (Å²) in [5, 5.41) is 1.49. The maximum Gasteiger partial charge on any atom is 0.387 e. The first-order chi connectivity index (χ1) is 17.5. The molecule has 3 nitrogen and oxygen atoms in total. The third kappa shape index (κ3) is 7.08. The number of hydrogen-bond acceptors (Lipinski definition) is 3. The predicted molar refractivity (Wildman–Crippen MR) is 136 cm³/mol. The van der Waals surface area contributed by atoms with Crippen molar-refractivity contribution in [1.29, 1.82) is 0 Å². The maximum absolute atomic E-state index is 15.2. The Kier molecular flexibility index (Phi) is 8.95. The van der Waals surface area contributed by atoms with E-state index in [1.165, 1.54) is 17.7 Å². The van der Waals surface area contributed by atoms with Crippen molar-refractivity contribution < 1.29 is 22.6 Å². The standard InChI is InChI=1S/C30H30F3NO2/c1-35-18-2-3-23-6-14-26(34-20-23)13-5-22-9-17-28-25(19-22)12-11-24(29(28)31)10-4-21-7-15-27(16-8-21)36-30(32)33/h6-9,11-12,14-17,19-20,30H,2-5,10,13,18H2,1H3. The third-order valence-corrected chi connectivity index (χ3v) is 6.30. The van der Waals surface area contributed by atoms with Crippen molar-refractivity contribution in [2.45, 2.75) is 45.1 Å². The van der Waals surface area contributed by atoms with E-state index in [1.807, 2.05) is 36.5 Å². The van der Waals surface area contributed by atoms with E-state index in [-0.39, 0.29) is 11.6 Å². The van der Waals surface area contributed by atoms with Gasteiger partial charge in [-0.1, -0.05) is 48.5 Å². The molecule has 36 heavy (non-hydrogen) atoms. The highest BCUT2D eigenvalue weighted by molar-refractivity contribution is 5.84. The summed E-state index contributed by atoms with van der Waals surface area (Å²) in [5.41, 5.74) is 4.97.